The van der Waals surface area contributed by atoms with Gasteiger partial charge >= 0.3 is 0 Å². The van der Waals surface area contributed by atoms with Gasteiger partial charge in [0, 0.05) is 11.8 Å². The lowest BCUT2D eigenvalue weighted by Crippen LogP contribution is -2.12. The Morgan fingerprint density at radius 1 is 1.22 bits per heavy atom. The maximum Gasteiger partial charge on any atom is 0.141 e. The summed E-state index contributed by atoms with van der Waals surface area (Å²) < 4.78 is 2.00. The van der Waals surface area contributed by atoms with Gasteiger partial charge in [0.15, 0.2) is 0 Å². The lowest BCUT2D eigenvalue weighted by molar-refractivity contribution is 0.591. The SMILES string of the molecule is CC(C)(C)c1cccn2[c]c(-c3cccs3)nc12. The highest BCUT2D eigenvalue weighted by molar-refractivity contribution is 7.13. The molecule has 3 rings (SSSR count). The van der Waals surface area contributed by atoms with Gasteiger partial charge in [-0.15, -0.1) is 11.3 Å². The molecule has 0 spiro atoms. The number of fused-ring (bicyclic) bond motifs is 1. The van der Waals surface area contributed by atoms with E-state index in [1.807, 2.05) is 16.7 Å². The molecule has 0 unspecified atom stereocenters. The average Bonchev–Trinajstić information content (AvgIpc) is 2.95. The van der Waals surface area contributed by atoms with Crippen LogP contribution in [0.2, 0.25) is 0 Å². The van der Waals surface area contributed by atoms with Crippen molar-refractivity contribution >= 4 is 17.0 Å². The number of hydrogen-bond acceptors (Lipinski definition) is 2. The van der Waals surface area contributed by atoms with E-state index in [1.165, 1.54) is 10.4 Å². The molecule has 3 heterocycles. The molecule has 0 bridgehead atoms. The zero-order valence-electron chi connectivity index (χ0n) is 10.8. The fraction of sp³-hybridized carbons (Fsp3) is 0.267. The molecule has 3 aromatic heterocycles. The minimum Gasteiger partial charge on any atom is -0.297 e. The second-order valence-electron chi connectivity index (χ2n) is 5.41. The molecule has 0 aliphatic heterocycles. The molecule has 0 saturated carbocycles. The van der Waals surface area contributed by atoms with E-state index in [0.717, 1.165) is 11.3 Å². The van der Waals surface area contributed by atoms with Crippen molar-refractivity contribution < 1.29 is 0 Å². The molecule has 0 fully saturated rings. The standard InChI is InChI=1S/C15H15N2S/c1-15(2,3)11-6-4-8-17-10-12(16-14(11)17)13-7-5-9-18-13/h4-9H,1-3H3. The Morgan fingerprint density at radius 2 is 2.06 bits per heavy atom. The van der Waals surface area contributed by atoms with Crippen molar-refractivity contribution in [1.29, 1.82) is 0 Å². The molecule has 91 valence electrons. The van der Waals surface area contributed by atoms with Gasteiger partial charge < -0.3 is 0 Å². The Labute approximate surface area is 111 Å². The Balaban J connectivity index is 2.24. The lowest BCUT2D eigenvalue weighted by atomic mass is 9.88. The van der Waals surface area contributed by atoms with Gasteiger partial charge in [0.25, 0.3) is 0 Å². The molecule has 0 amide bonds. The molecule has 0 saturated heterocycles. The van der Waals surface area contributed by atoms with Crippen LogP contribution < -0.4 is 0 Å². The summed E-state index contributed by atoms with van der Waals surface area (Å²) >= 11 is 1.70. The number of pyridine rings is 1. The Morgan fingerprint density at radius 3 is 2.72 bits per heavy atom. The average molecular weight is 255 g/mol. The highest BCUT2D eigenvalue weighted by atomic mass is 32.1. The number of thiophene rings is 1. The summed E-state index contributed by atoms with van der Waals surface area (Å²) in [4.78, 5) is 5.90. The molecule has 3 aromatic rings. The topological polar surface area (TPSA) is 17.3 Å². The van der Waals surface area contributed by atoms with Crippen LogP contribution in [-0.4, -0.2) is 9.38 Å². The summed E-state index contributed by atoms with van der Waals surface area (Å²) in [5.74, 6) is 0. The van der Waals surface area contributed by atoms with Gasteiger partial charge in [-0.05, 0) is 22.9 Å². The van der Waals surface area contributed by atoms with Gasteiger partial charge in [-0.25, -0.2) is 4.98 Å². The fourth-order valence-corrected chi connectivity index (χ4v) is 2.72. The van der Waals surface area contributed by atoms with Crippen molar-refractivity contribution in [3.05, 3.63) is 47.6 Å². The van der Waals surface area contributed by atoms with E-state index < -0.39 is 0 Å². The quantitative estimate of drug-likeness (QED) is 0.638. The molecule has 18 heavy (non-hydrogen) atoms. The molecule has 1 radical (unpaired) electrons. The Kier molecular flexibility index (Phi) is 2.52. The molecular formula is C15H15N2S. The van der Waals surface area contributed by atoms with Crippen LogP contribution in [0, 0.1) is 6.20 Å². The van der Waals surface area contributed by atoms with Crippen molar-refractivity contribution in [3.8, 4) is 10.6 Å². The summed E-state index contributed by atoms with van der Waals surface area (Å²) in [5, 5.41) is 2.07. The van der Waals surface area contributed by atoms with Gasteiger partial charge in [0.2, 0.25) is 0 Å². The van der Waals surface area contributed by atoms with Crippen molar-refractivity contribution in [2.45, 2.75) is 26.2 Å². The molecule has 2 nitrogen and oxygen atoms in total. The van der Waals surface area contributed by atoms with Crippen LogP contribution in [0.25, 0.3) is 16.2 Å². The van der Waals surface area contributed by atoms with Crippen LogP contribution in [-0.2, 0) is 5.41 Å². The molecule has 0 N–H and O–H groups in total. The highest BCUT2D eigenvalue weighted by Crippen LogP contribution is 2.29. The summed E-state index contributed by atoms with van der Waals surface area (Å²) in [7, 11) is 0. The van der Waals surface area contributed by atoms with Crippen LogP contribution in [0.3, 0.4) is 0 Å². The normalized spacial score (nSPS) is 12.2. The van der Waals surface area contributed by atoms with Crippen LogP contribution in [0.4, 0.5) is 0 Å². The third-order valence-electron chi connectivity index (χ3n) is 2.97. The first-order valence-corrected chi connectivity index (χ1v) is 6.88. The first-order chi connectivity index (χ1) is 8.55. The van der Waals surface area contributed by atoms with Crippen molar-refractivity contribution in [1.82, 2.24) is 9.38 Å². The van der Waals surface area contributed by atoms with Gasteiger partial charge in [-0.1, -0.05) is 32.9 Å². The van der Waals surface area contributed by atoms with Crippen molar-refractivity contribution in [2.75, 3.05) is 0 Å². The minimum atomic E-state index is 0.0917. The summed E-state index contributed by atoms with van der Waals surface area (Å²) in [6.45, 7) is 6.63. The maximum atomic E-state index is 4.74. The first kappa shape index (κ1) is 11.5. The number of nitrogens with zero attached hydrogens (tertiary/aromatic N) is 2. The largest absolute Gasteiger partial charge is 0.297 e. The lowest BCUT2D eigenvalue weighted by Gasteiger charge is -2.19. The number of aromatic nitrogens is 2. The van der Waals surface area contributed by atoms with E-state index in [-0.39, 0.29) is 5.41 Å². The van der Waals surface area contributed by atoms with Crippen molar-refractivity contribution in [3.63, 3.8) is 0 Å². The molecule has 0 aliphatic rings. The summed E-state index contributed by atoms with van der Waals surface area (Å²) in [5.41, 5.74) is 3.29. The number of hydrogen-bond donors (Lipinski definition) is 0. The molecule has 3 heteroatoms. The van der Waals surface area contributed by atoms with Gasteiger partial charge in [0.05, 0.1) is 4.88 Å². The Bertz CT molecular complexity index is 672. The van der Waals surface area contributed by atoms with Gasteiger partial charge in [-0.2, -0.15) is 0 Å². The van der Waals surface area contributed by atoms with E-state index >= 15 is 0 Å². The summed E-state index contributed by atoms with van der Waals surface area (Å²) in [6, 6.07) is 8.33. The summed E-state index contributed by atoms with van der Waals surface area (Å²) in [6.07, 6.45) is 5.34. The third kappa shape index (κ3) is 1.85. The Hall–Kier alpha value is -1.61. The third-order valence-corrected chi connectivity index (χ3v) is 3.85. The molecule has 0 aliphatic carbocycles. The van der Waals surface area contributed by atoms with E-state index in [4.69, 9.17) is 4.98 Å². The maximum absolute atomic E-state index is 4.74. The van der Waals surface area contributed by atoms with Gasteiger partial charge in [-0.3, -0.25) is 4.40 Å². The van der Waals surface area contributed by atoms with Crippen LogP contribution in [0.15, 0.2) is 35.8 Å². The van der Waals surface area contributed by atoms with Gasteiger partial charge in [0.1, 0.15) is 17.5 Å². The van der Waals surface area contributed by atoms with Crippen LogP contribution >= 0.6 is 11.3 Å². The zero-order valence-corrected chi connectivity index (χ0v) is 11.6. The second kappa shape index (κ2) is 3.95. The highest BCUT2D eigenvalue weighted by Gasteiger charge is 2.19. The molecule has 0 aromatic carbocycles. The fourth-order valence-electron chi connectivity index (χ4n) is 2.06. The van der Waals surface area contributed by atoms with E-state index in [2.05, 4.69) is 50.5 Å². The van der Waals surface area contributed by atoms with E-state index in [9.17, 15) is 0 Å². The van der Waals surface area contributed by atoms with Crippen molar-refractivity contribution in [2.24, 2.45) is 0 Å². The zero-order chi connectivity index (χ0) is 12.8. The number of rotatable bonds is 1. The van der Waals surface area contributed by atoms with Crippen LogP contribution in [0.1, 0.15) is 26.3 Å². The number of imidazole rings is 1. The van der Waals surface area contributed by atoms with Crippen LogP contribution in [0.5, 0.6) is 0 Å². The minimum absolute atomic E-state index is 0.0917. The predicted octanol–water partition coefficient (Wildman–Crippen LogP) is 4.16. The van der Waals surface area contributed by atoms with E-state index in [0.29, 0.717) is 0 Å². The predicted molar refractivity (Wildman–Crippen MR) is 76.0 cm³/mol. The van der Waals surface area contributed by atoms with E-state index in [1.54, 1.807) is 11.3 Å². The smallest absolute Gasteiger partial charge is 0.141 e. The first-order valence-electron chi connectivity index (χ1n) is 6.00. The molecular weight excluding hydrogens is 240 g/mol. The second-order valence-corrected chi connectivity index (χ2v) is 6.36. The monoisotopic (exact) mass is 255 g/mol. The molecule has 0 atom stereocenters.